The van der Waals surface area contributed by atoms with Crippen molar-refractivity contribution in [1.82, 2.24) is 19.5 Å². The Kier molecular flexibility index (Phi) is 8.56. The second-order valence-corrected chi connectivity index (χ2v) is 16.0. The molecule has 8 aromatic carbocycles. The monoisotopic (exact) mass is 793 g/mol. The SMILES string of the molecule is C1=CC2c3ccc(-c4cccc(-n5c6ccccc6c6cc(-c7ccc(-c8nc(-c9ccccc9)nc(-c9ccccc9)n8)cc7)ccc65)c4)cc3N(c3ccccc3)C2C=C1. The fraction of sp³-hybridized carbons (Fsp3) is 0.0351. The van der Waals surface area contributed by atoms with Crippen LogP contribution in [0, 0.1) is 0 Å². The lowest BCUT2D eigenvalue weighted by molar-refractivity contribution is 0.745. The van der Waals surface area contributed by atoms with Crippen molar-refractivity contribution in [2.75, 3.05) is 4.90 Å². The molecule has 2 aliphatic rings. The van der Waals surface area contributed by atoms with Crippen LogP contribution in [0.4, 0.5) is 11.4 Å². The number of aromatic nitrogens is 4. The molecule has 10 aromatic rings. The van der Waals surface area contributed by atoms with Gasteiger partial charge < -0.3 is 9.47 Å². The maximum atomic E-state index is 4.95. The fourth-order valence-electron chi connectivity index (χ4n) is 9.41. The summed E-state index contributed by atoms with van der Waals surface area (Å²) in [6, 6.07) is 71.4. The summed E-state index contributed by atoms with van der Waals surface area (Å²) in [6.45, 7) is 0. The molecule has 3 heterocycles. The number of hydrogen-bond acceptors (Lipinski definition) is 4. The molecule has 0 amide bonds. The Morgan fingerprint density at radius 3 is 1.60 bits per heavy atom. The largest absolute Gasteiger partial charge is 0.333 e. The van der Waals surface area contributed by atoms with Gasteiger partial charge in [0.05, 0.1) is 17.1 Å². The number of anilines is 2. The molecule has 62 heavy (non-hydrogen) atoms. The maximum Gasteiger partial charge on any atom is 0.164 e. The van der Waals surface area contributed by atoms with Gasteiger partial charge in [0, 0.05) is 50.4 Å². The van der Waals surface area contributed by atoms with Crippen LogP contribution in [0.3, 0.4) is 0 Å². The van der Waals surface area contributed by atoms with Crippen LogP contribution in [-0.2, 0) is 0 Å². The molecule has 2 unspecified atom stereocenters. The Bertz CT molecular complexity index is 3290. The zero-order valence-electron chi connectivity index (χ0n) is 33.8. The Morgan fingerprint density at radius 2 is 0.871 bits per heavy atom. The number of nitrogens with zero attached hydrogens (tertiary/aromatic N) is 5. The predicted octanol–water partition coefficient (Wildman–Crippen LogP) is 14.0. The van der Waals surface area contributed by atoms with E-state index in [-0.39, 0.29) is 6.04 Å². The Morgan fingerprint density at radius 1 is 0.355 bits per heavy atom. The average molecular weight is 794 g/mol. The molecule has 12 rings (SSSR count). The first-order valence-corrected chi connectivity index (χ1v) is 21.2. The van der Waals surface area contributed by atoms with Crippen LogP contribution < -0.4 is 4.90 Å². The summed E-state index contributed by atoms with van der Waals surface area (Å²) < 4.78 is 2.41. The van der Waals surface area contributed by atoms with Crippen LogP contribution in [0.2, 0.25) is 0 Å². The number of fused-ring (bicyclic) bond motifs is 6. The van der Waals surface area contributed by atoms with Gasteiger partial charge in [-0.15, -0.1) is 0 Å². The highest BCUT2D eigenvalue weighted by atomic mass is 15.2. The molecule has 0 bridgehead atoms. The first kappa shape index (κ1) is 35.8. The number of rotatable bonds is 7. The standard InChI is InChI=1S/C57H39N5/c1-4-15-39(16-5-1)55-58-56(40-17-6-2-7-18-40)60-57(59-55)41-29-27-38(28-30-41)43-32-34-53-50(36-43)48-24-11-13-26-52(48)62(53)46-22-14-19-42(35-46)44-31-33-49-47-23-10-12-25-51(47)61(54(49)37-44)45-20-8-3-9-21-45/h1-37,47,51H. The summed E-state index contributed by atoms with van der Waals surface area (Å²) in [5.74, 6) is 2.28. The maximum absolute atomic E-state index is 4.95. The first-order chi connectivity index (χ1) is 30.7. The summed E-state index contributed by atoms with van der Waals surface area (Å²) in [4.78, 5) is 17.3. The van der Waals surface area contributed by atoms with Crippen molar-refractivity contribution in [2.24, 2.45) is 0 Å². The Hall–Kier alpha value is -8.15. The smallest absolute Gasteiger partial charge is 0.164 e. The number of para-hydroxylation sites is 2. The first-order valence-electron chi connectivity index (χ1n) is 21.2. The summed E-state index contributed by atoms with van der Waals surface area (Å²) in [5, 5.41) is 2.43. The third kappa shape index (κ3) is 6.13. The average Bonchev–Trinajstić information content (AvgIpc) is 3.87. The van der Waals surface area contributed by atoms with Crippen molar-refractivity contribution < 1.29 is 0 Å². The minimum atomic E-state index is 0.260. The van der Waals surface area contributed by atoms with Gasteiger partial charge in [0.25, 0.3) is 0 Å². The lowest BCUT2D eigenvalue weighted by Crippen LogP contribution is -2.28. The van der Waals surface area contributed by atoms with Crippen molar-refractivity contribution in [1.29, 1.82) is 0 Å². The Balaban J connectivity index is 0.903. The number of hydrogen-bond donors (Lipinski definition) is 0. The van der Waals surface area contributed by atoms with Gasteiger partial charge in [-0.25, -0.2) is 15.0 Å². The van der Waals surface area contributed by atoms with Gasteiger partial charge >= 0.3 is 0 Å². The molecule has 1 aliphatic carbocycles. The number of allylic oxidation sites excluding steroid dienone is 2. The van der Waals surface area contributed by atoms with Crippen LogP contribution >= 0.6 is 0 Å². The molecule has 5 nitrogen and oxygen atoms in total. The van der Waals surface area contributed by atoms with E-state index in [1.165, 1.54) is 49.9 Å². The Labute approximate surface area is 360 Å². The molecule has 0 radical (unpaired) electrons. The highest BCUT2D eigenvalue weighted by molar-refractivity contribution is 6.10. The van der Waals surface area contributed by atoms with E-state index in [2.05, 4.69) is 173 Å². The van der Waals surface area contributed by atoms with E-state index in [0.29, 0.717) is 23.4 Å². The molecule has 0 N–H and O–H groups in total. The normalized spacial score (nSPS) is 15.3. The molecule has 0 saturated carbocycles. The summed E-state index contributed by atoms with van der Waals surface area (Å²) >= 11 is 0. The van der Waals surface area contributed by atoms with Crippen LogP contribution in [-0.4, -0.2) is 25.6 Å². The van der Waals surface area contributed by atoms with E-state index in [4.69, 9.17) is 15.0 Å². The zero-order valence-corrected chi connectivity index (χ0v) is 33.8. The van der Waals surface area contributed by atoms with Gasteiger partial charge in [0.2, 0.25) is 0 Å². The summed E-state index contributed by atoms with van der Waals surface area (Å²) in [5.41, 5.74) is 14.8. The van der Waals surface area contributed by atoms with Crippen molar-refractivity contribution in [3.8, 4) is 62.1 Å². The zero-order chi connectivity index (χ0) is 41.0. The van der Waals surface area contributed by atoms with E-state index < -0.39 is 0 Å². The molecule has 0 saturated heterocycles. The van der Waals surface area contributed by atoms with Gasteiger partial charge in [-0.3, -0.25) is 0 Å². The third-order valence-electron chi connectivity index (χ3n) is 12.4. The van der Waals surface area contributed by atoms with Gasteiger partial charge in [0.15, 0.2) is 17.5 Å². The lowest BCUT2D eigenvalue weighted by atomic mass is 9.90. The predicted molar refractivity (Wildman–Crippen MR) is 255 cm³/mol. The minimum Gasteiger partial charge on any atom is -0.333 e. The second kappa shape index (κ2) is 14.8. The molecular weight excluding hydrogens is 755 g/mol. The molecule has 2 aromatic heterocycles. The number of benzene rings is 8. The quantitative estimate of drug-likeness (QED) is 0.161. The van der Waals surface area contributed by atoms with Crippen LogP contribution in [0.15, 0.2) is 224 Å². The van der Waals surface area contributed by atoms with E-state index >= 15 is 0 Å². The van der Waals surface area contributed by atoms with Crippen molar-refractivity contribution in [2.45, 2.75) is 12.0 Å². The van der Waals surface area contributed by atoms with E-state index in [1.807, 2.05) is 60.7 Å². The molecule has 1 aliphatic heterocycles. The highest BCUT2D eigenvalue weighted by Crippen LogP contribution is 2.49. The van der Waals surface area contributed by atoms with Crippen molar-refractivity contribution >= 4 is 33.2 Å². The minimum absolute atomic E-state index is 0.260. The molecule has 292 valence electrons. The van der Waals surface area contributed by atoms with Gasteiger partial charge in [0.1, 0.15) is 0 Å². The molecule has 2 atom stereocenters. The topological polar surface area (TPSA) is 46.8 Å². The van der Waals surface area contributed by atoms with E-state index in [0.717, 1.165) is 33.5 Å². The van der Waals surface area contributed by atoms with Crippen LogP contribution in [0.25, 0.3) is 83.9 Å². The van der Waals surface area contributed by atoms with Crippen LogP contribution in [0.1, 0.15) is 11.5 Å². The molecule has 0 spiro atoms. The van der Waals surface area contributed by atoms with Crippen molar-refractivity contribution in [3.63, 3.8) is 0 Å². The van der Waals surface area contributed by atoms with Gasteiger partial charge in [-0.05, 0) is 76.3 Å². The molecular formula is C57H39N5. The third-order valence-corrected chi connectivity index (χ3v) is 12.4. The summed E-state index contributed by atoms with van der Waals surface area (Å²) in [7, 11) is 0. The molecule has 5 heteroatoms. The van der Waals surface area contributed by atoms with Crippen molar-refractivity contribution in [3.05, 3.63) is 230 Å². The second-order valence-electron chi connectivity index (χ2n) is 16.0. The lowest BCUT2D eigenvalue weighted by Gasteiger charge is -2.28. The van der Waals surface area contributed by atoms with Gasteiger partial charge in [-0.1, -0.05) is 176 Å². The molecule has 0 fully saturated rings. The van der Waals surface area contributed by atoms with Crippen LogP contribution in [0.5, 0.6) is 0 Å². The van der Waals surface area contributed by atoms with Gasteiger partial charge in [-0.2, -0.15) is 0 Å². The van der Waals surface area contributed by atoms with E-state index in [1.54, 1.807) is 0 Å². The van der Waals surface area contributed by atoms with E-state index in [9.17, 15) is 0 Å². The summed E-state index contributed by atoms with van der Waals surface area (Å²) in [6.07, 6.45) is 9.04. The highest BCUT2D eigenvalue weighted by Gasteiger charge is 2.37. The fourth-order valence-corrected chi connectivity index (χ4v) is 9.41.